The Morgan fingerprint density at radius 2 is 1.79 bits per heavy atom. The van der Waals surface area contributed by atoms with Gasteiger partial charge in [-0.25, -0.2) is 0 Å². The van der Waals surface area contributed by atoms with Crippen LogP contribution in [0.4, 0.5) is 0 Å². The minimum atomic E-state index is -0.858. The lowest BCUT2D eigenvalue weighted by atomic mass is 10.1. The van der Waals surface area contributed by atoms with E-state index in [2.05, 4.69) is 6.92 Å². The lowest BCUT2D eigenvalue weighted by Gasteiger charge is -2.16. The third-order valence-electron chi connectivity index (χ3n) is 2.01. The fourth-order valence-corrected chi connectivity index (χ4v) is 1.06. The summed E-state index contributed by atoms with van der Waals surface area (Å²) in [4.78, 5) is 11.2. The molecule has 3 heteroatoms. The fraction of sp³-hybridized carbons (Fsp3) is 0.909. The first-order chi connectivity index (χ1) is 6.48. The van der Waals surface area contributed by atoms with Crippen molar-refractivity contribution < 1.29 is 9.53 Å². The van der Waals surface area contributed by atoms with Crippen LogP contribution in [0.25, 0.3) is 0 Å². The van der Waals surface area contributed by atoms with Crippen LogP contribution < -0.4 is 5.73 Å². The third-order valence-corrected chi connectivity index (χ3v) is 2.01. The van der Waals surface area contributed by atoms with E-state index in [1.165, 1.54) is 19.3 Å². The number of hydrogen-bond donors (Lipinski definition) is 1. The summed E-state index contributed by atoms with van der Waals surface area (Å²) in [5, 5.41) is 0. The molecule has 0 aromatic heterocycles. The van der Waals surface area contributed by atoms with E-state index in [1.54, 1.807) is 13.8 Å². The van der Waals surface area contributed by atoms with E-state index in [0.717, 1.165) is 12.8 Å². The smallest absolute Gasteiger partial charge is 0.325 e. The number of carbonyl (C=O) groups is 1. The van der Waals surface area contributed by atoms with E-state index in [0.29, 0.717) is 6.61 Å². The molecule has 0 aromatic carbocycles. The van der Waals surface area contributed by atoms with Gasteiger partial charge in [-0.15, -0.1) is 0 Å². The summed E-state index contributed by atoms with van der Waals surface area (Å²) in [5.41, 5.74) is 4.71. The van der Waals surface area contributed by atoms with Crippen molar-refractivity contribution in [2.24, 2.45) is 5.73 Å². The maximum absolute atomic E-state index is 11.2. The number of ether oxygens (including phenoxy) is 1. The normalized spacial score (nSPS) is 11.4. The molecule has 0 atom stereocenters. The summed E-state index contributed by atoms with van der Waals surface area (Å²) in [6.45, 7) is 6.00. The molecule has 0 bridgehead atoms. The largest absolute Gasteiger partial charge is 0.464 e. The summed E-state index contributed by atoms with van der Waals surface area (Å²) >= 11 is 0. The van der Waals surface area contributed by atoms with Crippen LogP contribution in [-0.4, -0.2) is 18.1 Å². The average Bonchev–Trinajstić information content (AvgIpc) is 2.09. The van der Waals surface area contributed by atoms with Gasteiger partial charge in [0.05, 0.1) is 6.61 Å². The molecule has 14 heavy (non-hydrogen) atoms. The molecule has 3 nitrogen and oxygen atoms in total. The molecule has 0 heterocycles. The Bertz CT molecular complexity index is 161. The van der Waals surface area contributed by atoms with Crippen LogP contribution in [0.1, 0.15) is 52.9 Å². The number of rotatable bonds is 7. The lowest BCUT2D eigenvalue weighted by Crippen LogP contribution is -2.42. The number of esters is 1. The van der Waals surface area contributed by atoms with Gasteiger partial charge < -0.3 is 10.5 Å². The number of nitrogens with two attached hydrogens (primary N) is 1. The van der Waals surface area contributed by atoms with Gasteiger partial charge in [0.2, 0.25) is 0 Å². The van der Waals surface area contributed by atoms with E-state index in [-0.39, 0.29) is 5.97 Å². The van der Waals surface area contributed by atoms with Crippen LogP contribution >= 0.6 is 0 Å². The van der Waals surface area contributed by atoms with Crippen LogP contribution in [0.3, 0.4) is 0 Å². The Morgan fingerprint density at radius 1 is 1.21 bits per heavy atom. The van der Waals surface area contributed by atoms with E-state index >= 15 is 0 Å². The Hall–Kier alpha value is -0.570. The predicted molar refractivity (Wildman–Crippen MR) is 58.0 cm³/mol. The first-order valence-electron chi connectivity index (χ1n) is 5.44. The second-order valence-electron chi connectivity index (χ2n) is 4.27. The SMILES string of the molecule is CCCCCCCOC(=O)C(C)(C)N. The monoisotopic (exact) mass is 201 g/mol. The fourth-order valence-electron chi connectivity index (χ4n) is 1.06. The maximum atomic E-state index is 11.2. The van der Waals surface area contributed by atoms with E-state index in [1.807, 2.05) is 0 Å². The lowest BCUT2D eigenvalue weighted by molar-refractivity contribution is -0.148. The number of hydrogen-bond acceptors (Lipinski definition) is 3. The minimum Gasteiger partial charge on any atom is -0.464 e. The van der Waals surface area contributed by atoms with E-state index < -0.39 is 5.54 Å². The molecule has 0 aliphatic rings. The molecule has 0 spiro atoms. The highest BCUT2D eigenvalue weighted by atomic mass is 16.5. The minimum absolute atomic E-state index is 0.312. The van der Waals surface area contributed by atoms with Crippen molar-refractivity contribution in [2.75, 3.05) is 6.61 Å². The molecule has 0 aliphatic heterocycles. The second kappa shape index (κ2) is 6.82. The van der Waals surface area contributed by atoms with Gasteiger partial charge in [-0.1, -0.05) is 32.6 Å². The predicted octanol–water partition coefficient (Wildman–Crippen LogP) is 2.24. The standard InChI is InChI=1S/C11H23NO2/c1-4-5-6-7-8-9-14-10(13)11(2,3)12/h4-9,12H2,1-3H3. The van der Waals surface area contributed by atoms with Crippen LogP contribution in [0.5, 0.6) is 0 Å². The second-order valence-corrected chi connectivity index (χ2v) is 4.27. The molecule has 2 N–H and O–H groups in total. The summed E-state index contributed by atoms with van der Waals surface area (Å²) < 4.78 is 5.02. The highest BCUT2D eigenvalue weighted by molar-refractivity contribution is 5.79. The van der Waals surface area contributed by atoms with Gasteiger partial charge in [0.25, 0.3) is 0 Å². The van der Waals surface area contributed by atoms with Gasteiger partial charge in [-0.05, 0) is 20.3 Å². The van der Waals surface area contributed by atoms with Crippen molar-refractivity contribution in [1.29, 1.82) is 0 Å². The number of unbranched alkanes of at least 4 members (excludes halogenated alkanes) is 4. The van der Waals surface area contributed by atoms with Gasteiger partial charge in [-0.2, -0.15) is 0 Å². The van der Waals surface area contributed by atoms with Crippen molar-refractivity contribution >= 4 is 5.97 Å². The molecule has 0 saturated heterocycles. The van der Waals surface area contributed by atoms with Gasteiger partial charge in [0, 0.05) is 0 Å². The van der Waals surface area contributed by atoms with Crippen molar-refractivity contribution in [1.82, 2.24) is 0 Å². The summed E-state index contributed by atoms with van der Waals surface area (Å²) in [7, 11) is 0. The quantitative estimate of drug-likeness (QED) is 0.507. The molecular formula is C11H23NO2. The van der Waals surface area contributed by atoms with Crippen LogP contribution in [-0.2, 0) is 9.53 Å². The zero-order valence-electron chi connectivity index (χ0n) is 9.64. The van der Waals surface area contributed by atoms with Crippen molar-refractivity contribution in [3.8, 4) is 0 Å². The third kappa shape index (κ3) is 6.89. The first kappa shape index (κ1) is 13.4. The van der Waals surface area contributed by atoms with Crippen molar-refractivity contribution in [3.05, 3.63) is 0 Å². The molecule has 0 aromatic rings. The average molecular weight is 201 g/mol. The van der Waals surface area contributed by atoms with Crippen molar-refractivity contribution in [2.45, 2.75) is 58.4 Å². The molecule has 0 amide bonds. The Labute approximate surface area is 87.0 Å². The van der Waals surface area contributed by atoms with Crippen molar-refractivity contribution in [3.63, 3.8) is 0 Å². The highest BCUT2D eigenvalue weighted by Gasteiger charge is 2.23. The number of carbonyl (C=O) groups excluding carboxylic acids is 1. The molecule has 0 rings (SSSR count). The van der Waals surface area contributed by atoms with Crippen LogP contribution in [0.15, 0.2) is 0 Å². The Morgan fingerprint density at radius 3 is 2.29 bits per heavy atom. The van der Waals surface area contributed by atoms with E-state index in [4.69, 9.17) is 10.5 Å². The summed E-state index contributed by atoms with van der Waals surface area (Å²) in [6, 6.07) is 0. The molecular weight excluding hydrogens is 178 g/mol. The Kier molecular flexibility index (Phi) is 6.54. The van der Waals surface area contributed by atoms with Gasteiger partial charge >= 0.3 is 5.97 Å². The van der Waals surface area contributed by atoms with Gasteiger partial charge in [-0.3, -0.25) is 4.79 Å². The van der Waals surface area contributed by atoms with E-state index in [9.17, 15) is 4.79 Å². The highest BCUT2D eigenvalue weighted by Crippen LogP contribution is 2.04. The van der Waals surface area contributed by atoms with Gasteiger partial charge in [0.15, 0.2) is 0 Å². The zero-order chi connectivity index (χ0) is 11.0. The molecule has 84 valence electrons. The van der Waals surface area contributed by atoms with Crippen LogP contribution in [0.2, 0.25) is 0 Å². The molecule has 0 fully saturated rings. The molecule has 0 saturated carbocycles. The topological polar surface area (TPSA) is 52.3 Å². The summed E-state index contributed by atoms with van der Waals surface area (Å²) in [6.07, 6.45) is 5.79. The molecule has 0 unspecified atom stereocenters. The van der Waals surface area contributed by atoms with Crippen LogP contribution in [0, 0.1) is 0 Å². The maximum Gasteiger partial charge on any atom is 0.325 e. The van der Waals surface area contributed by atoms with Gasteiger partial charge in [0.1, 0.15) is 5.54 Å². The first-order valence-corrected chi connectivity index (χ1v) is 5.44. The molecule has 0 radical (unpaired) electrons. The summed E-state index contributed by atoms with van der Waals surface area (Å²) in [5.74, 6) is -0.312. The molecule has 0 aliphatic carbocycles. The Balaban J connectivity index is 3.33. The zero-order valence-corrected chi connectivity index (χ0v) is 9.64.